The van der Waals surface area contributed by atoms with Crippen LogP contribution in [0.15, 0.2) is 85.1 Å². The lowest BCUT2D eigenvalue weighted by atomic mass is 10.2. The van der Waals surface area contributed by atoms with Gasteiger partial charge < -0.3 is 30.3 Å². The van der Waals surface area contributed by atoms with E-state index in [2.05, 4.69) is 10.3 Å². The lowest BCUT2D eigenvalue weighted by Gasteiger charge is -2.26. The summed E-state index contributed by atoms with van der Waals surface area (Å²) in [5.74, 6) is 1.38. The van der Waals surface area contributed by atoms with Crippen LogP contribution < -0.4 is 25.6 Å². The third kappa shape index (κ3) is 4.31. The Morgan fingerprint density at radius 1 is 0.912 bits per heavy atom. The lowest BCUT2D eigenvalue weighted by molar-refractivity contribution is 0.151. The molecule has 2 heterocycles. The van der Waals surface area contributed by atoms with E-state index in [1.54, 1.807) is 24.4 Å². The molecule has 34 heavy (non-hydrogen) atoms. The molecule has 0 radical (unpaired) electrons. The maximum absolute atomic E-state index is 13.5. The van der Waals surface area contributed by atoms with Gasteiger partial charge in [-0.15, -0.1) is 0 Å². The van der Waals surface area contributed by atoms with Gasteiger partial charge in [-0.3, -0.25) is 0 Å². The zero-order chi connectivity index (χ0) is 23.5. The Labute approximate surface area is 197 Å². The molecule has 1 aromatic heterocycles. The Morgan fingerprint density at radius 3 is 2.50 bits per heavy atom. The average Bonchev–Trinajstić information content (AvgIpc) is 3.05. The molecule has 0 amide bonds. The molecule has 0 spiro atoms. The van der Waals surface area contributed by atoms with E-state index >= 15 is 0 Å². The van der Waals surface area contributed by atoms with Crippen molar-refractivity contribution in [3.63, 3.8) is 0 Å². The van der Waals surface area contributed by atoms with Crippen molar-refractivity contribution < 1.29 is 13.9 Å². The van der Waals surface area contributed by atoms with E-state index in [0.717, 1.165) is 22.7 Å². The molecule has 8 heteroatoms. The first-order valence-corrected chi connectivity index (χ1v) is 10.8. The lowest BCUT2D eigenvalue weighted by Crippen LogP contribution is -2.21. The second kappa shape index (κ2) is 9.29. The first kappa shape index (κ1) is 21.5. The number of hydrogen-bond donors (Lipinski definition) is 2. The van der Waals surface area contributed by atoms with E-state index in [1.807, 2.05) is 65.4 Å². The average molecular weight is 458 g/mol. The van der Waals surface area contributed by atoms with Crippen molar-refractivity contribution in [3.05, 3.63) is 90.9 Å². The Bertz CT molecular complexity index is 1300. The molecule has 3 N–H and O–H groups in total. The maximum atomic E-state index is 13.5. The molecular weight excluding hydrogens is 433 g/mol. The van der Waals surface area contributed by atoms with Crippen LogP contribution in [-0.2, 0) is 4.74 Å². The minimum absolute atomic E-state index is 0.287. The topological polar surface area (TPSA) is 75.9 Å². The summed E-state index contributed by atoms with van der Waals surface area (Å²) >= 11 is 0. The van der Waals surface area contributed by atoms with Gasteiger partial charge in [0.2, 0.25) is 0 Å². The van der Waals surface area contributed by atoms with E-state index in [4.69, 9.17) is 15.2 Å². The quantitative estimate of drug-likeness (QED) is 0.389. The molecule has 0 bridgehead atoms. The van der Waals surface area contributed by atoms with Crippen LogP contribution in [0, 0.1) is 5.82 Å². The van der Waals surface area contributed by atoms with Gasteiger partial charge in [-0.2, -0.15) is 0 Å². The Balaban J connectivity index is 1.48. The monoisotopic (exact) mass is 457 g/mol. The highest BCUT2D eigenvalue weighted by Crippen LogP contribution is 2.42. The molecule has 5 rings (SSSR count). The van der Waals surface area contributed by atoms with Crippen LogP contribution in [0.2, 0.25) is 0 Å². The number of nitrogens with one attached hydrogen (secondary N) is 1. The van der Waals surface area contributed by atoms with Crippen LogP contribution in [0.4, 0.5) is 38.6 Å². The van der Waals surface area contributed by atoms with E-state index in [0.29, 0.717) is 29.7 Å². The van der Waals surface area contributed by atoms with E-state index < -0.39 is 0 Å². The molecule has 7 nitrogen and oxygen atoms in total. The number of hydrogen-bond acceptors (Lipinski definition) is 7. The zero-order valence-corrected chi connectivity index (χ0v) is 18.6. The van der Waals surface area contributed by atoms with Crippen LogP contribution in [0.1, 0.15) is 0 Å². The van der Waals surface area contributed by atoms with Crippen molar-refractivity contribution in [1.82, 2.24) is 4.98 Å². The van der Waals surface area contributed by atoms with E-state index in [-0.39, 0.29) is 12.5 Å². The zero-order valence-electron chi connectivity index (χ0n) is 18.6. The highest BCUT2D eigenvalue weighted by atomic mass is 19.1. The van der Waals surface area contributed by atoms with Crippen molar-refractivity contribution in [2.24, 2.45) is 0 Å². The van der Waals surface area contributed by atoms with Gasteiger partial charge in [0.1, 0.15) is 36.5 Å². The summed E-state index contributed by atoms with van der Waals surface area (Å²) in [4.78, 5) is 8.63. The standard InChI is InChI=1S/C26H24FN5O2/c1-29-19-5-3-6-21(15-19)32-17-33-16-31(25-24(28)12-13-30-26(25)32)20-8-10-22(11-9-20)34-23-7-2-4-18(27)14-23/h2-15,29H,16-17H2,1H3,(H2,28,30). The number of aromatic nitrogens is 1. The van der Waals surface area contributed by atoms with Gasteiger partial charge >= 0.3 is 0 Å². The molecule has 172 valence electrons. The number of benzene rings is 3. The van der Waals surface area contributed by atoms with Crippen LogP contribution in [0.3, 0.4) is 0 Å². The third-order valence-corrected chi connectivity index (χ3v) is 5.53. The molecule has 0 saturated heterocycles. The van der Waals surface area contributed by atoms with Crippen LogP contribution in [0.5, 0.6) is 11.5 Å². The Morgan fingerprint density at radius 2 is 1.71 bits per heavy atom. The van der Waals surface area contributed by atoms with Gasteiger partial charge in [-0.25, -0.2) is 9.37 Å². The fourth-order valence-corrected chi connectivity index (χ4v) is 3.87. The van der Waals surface area contributed by atoms with Crippen molar-refractivity contribution in [1.29, 1.82) is 0 Å². The number of pyridine rings is 1. The number of nitrogens with two attached hydrogens (primary N) is 1. The summed E-state index contributed by atoms with van der Waals surface area (Å²) in [6, 6.07) is 23.3. The second-order valence-electron chi connectivity index (χ2n) is 7.74. The molecule has 0 unspecified atom stereocenters. The fourth-order valence-electron chi connectivity index (χ4n) is 3.87. The van der Waals surface area contributed by atoms with E-state index in [1.165, 1.54) is 12.1 Å². The van der Waals surface area contributed by atoms with Crippen molar-refractivity contribution in [2.75, 3.05) is 41.4 Å². The van der Waals surface area contributed by atoms with Gasteiger partial charge in [0, 0.05) is 36.4 Å². The molecule has 1 aliphatic rings. The van der Waals surface area contributed by atoms with Crippen LogP contribution in [0.25, 0.3) is 0 Å². The first-order chi connectivity index (χ1) is 16.6. The molecule has 3 aromatic carbocycles. The third-order valence-electron chi connectivity index (χ3n) is 5.53. The maximum Gasteiger partial charge on any atom is 0.161 e. The minimum atomic E-state index is -0.347. The number of nitrogens with zero attached hydrogens (tertiary/aromatic N) is 3. The largest absolute Gasteiger partial charge is 0.457 e. The fraction of sp³-hybridized carbons (Fsp3) is 0.115. The molecule has 0 atom stereocenters. The summed E-state index contributed by atoms with van der Waals surface area (Å²) in [6.07, 6.45) is 1.70. The molecule has 0 fully saturated rings. The highest BCUT2D eigenvalue weighted by Gasteiger charge is 2.26. The minimum Gasteiger partial charge on any atom is -0.457 e. The summed E-state index contributed by atoms with van der Waals surface area (Å²) in [5, 5.41) is 3.16. The highest BCUT2D eigenvalue weighted by molar-refractivity contribution is 5.87. The number of ether oxygens (including phenoxy) is 2. The molecule has 4 aromatic rings. The molecule has 0 aliphatic carbocycles. The number of fused-ring (bicyclic) bond motifs is 1. The Hall–Kier alpha value is -4.30. The number of anilines is 6. The predicted octanol–water partition coefficient (Wildman–Crippen LogP) is 5.86. The molecular formula is C26H24FN5O2. The van der Waals surface area contributed by atoms with Crippen LogP contribution in [-0.4, -0.2) is 25.5 Å². The molecule has 1 aliphatic heterocycles. The van der Waals surface area contributed by atoms with Gasteiger partial charge in [0.05, 0.1) is 5.69 Å². The second-order valence-corrected chi connectivity index (χ2v) is 7.74. The normalized spacial score (nSPS) is 13.2. The first-order valence-electron chi connectivity index (χ1n) is 10.8. The van der Waals surface area contributed by atoms with Gasteiger partial charge in [0.25, 0.3) is 0 Å². The van der Waals surface area contributed by atoms with Gasteiger partial charge in [0.15, 0.2) is 5.82 Å². The smallest absolute Gasteiger partial charge is 0.161 e. The number of rotatable bonds is 5. The summed E-state index contributed by atoms with van der Waals surface area (Å²) in [7, 11) is 1.88. The van der Waals surface area contributed by atoms with Crippen LogP contribution >= 0.6 is 0 Å². The van der Waals surface area contributed by atoms with E-state index in [9.17, 15) is 4.39 Å². The number of nitrogen functional groups attached to an aromatic ring is 1. The molecule has 0 saturated carbocycles. The van der Waals surface area contributed by atoms with Crippen molar-refractivity contribution in [3.8, 4) is 11.5 Å². The Kier molecular flexibility index (Phi) is 5.88. The van der Waals surface area contributed by atoms with Crippen molar-refractivity contribution in [2.45, 2.75) is 0 Å². The summed E-state index contributed by atoms with van der Waals surface area (Å²) in [6.45, 7) is 0.600. The predicted molar refractivity (Wildman–Crippen MR) is 133 cm³/mol. The summed E-state index contributed by atoms with van der Waals surface area (Å²) < 4.78 is 25.3. The number of halogens is 1. The summed E-state index contributed by atoms with van der Waals surface area (Å²) in [5.41, 5.74) is 10.6. The SMILES string of the molecule is CNc1cccc(N2COCN(c3ccc(Oc4cccc(F)c4)cc3)c3c(N)ccnc32)c1. The van der Waals surface area contributed by atoms with Crippen molar-refractivity contribution >= 4 is 34.3 Å². The van der Waals surface area contributed by atoms with Gasteiger partial charge in [-0.1, -0.05) is 12.1 Å². The van der Waals surface area contributed by atoms with Gasteiger partial charge in [-0.05, 0) is 60.7 Å².